The van der Waals surface area contributed by atoms with Crippen molar-refractivity contribution in [2.24, 2.45) is 4.99 Å². The number of carbonyl (C=O) groups excluding carboxylic acids is 1. The molecule has 0 aliphatic carbocycles. The molecule has 0 amide bonds. The van der Waals surface area contributed by atoms with Crippen LogP contribution in [0.5, 0.6) is 5.75 Å². The van der Waals surface area contributed by atoms with Crippen molar-refractivity contribution < 1.29 is 14.6 Å². The second-order valence-electron chi connectivity index (χ2n) is 6.22. The number of pyridine rings is 1. The molecule has 0 saturated heterocycles. The summed E-state index contributed by atoms with van der Waals surface area (Å²) in [5, 5.41) is 12.3. The van der Waals surface area contributed by atoms with Gasteiger partial charge in [-0.25, -0.2) is 0 Å². The highest BCUT2D eigenvalue weighted by Gasteiger charge is 2.31. The maximum atomic E-state index is 12.6. The van der Waals surface area contributed by atoms with Gasteiger partial charge in [-0.3, -0.25) is 14.8 Å². The third-order valence-corrected chi connectivity index (χ3v) is 4.43. The van der Waals surface area contributed by atoms with Gasteiger partial charge in [-0.1, -0.05) is 6.07 Å². The lowest BCUT2D eigenvalue weighted by Gasteiger charge is -2.32. The van der Waals surface area contributed by atoms with Crippen LogP contribution in [0.3, 0.4) is 0 Å². The summed E-state index contributed by atoms with van der Waals surface area (Å²) in [6.07, 6.45) is 5.32. The van der Waals surface area contributed by atoms with E-state index in [1.807, 2.05) is 23.1 Å². The lowest BCUT2D eigenvalue weighted by Crippen LogP contribution is -2.36. The Kier molecular flexibility index (Phi) is 4.84. The van der Waals surface area contributed by atoms with E-state index in [9.17, 15) is 4.79 Å². The Hall–Kier alpha value is -3.19. The molecule has 0 radical (unpaired) electrons. The first-order chi connectivity index (χ1) is 13.3. The first-order valence-corrected chi connectivity index (χ1v) is 8.90. The molecule has 4 rings (SSSR count). The van der Waals surface area contributed by atoms with E-state index in [1.54, 1.807) is 30.6 Å². The number of nitrogens with one attached hydrogen (secondary N) is 1. The molecule has 0 saturated carbocycles. The summed E-state index contributed by atoms with van der Waals surface area (Å²) in [5.74, 6) is 2.06. The number of allylic oxidation sites excluding steroid dienone is 1. The molecule has 138 valence electrons. The number of carbonyl (C=O) groups is 1. The number of nitrogens with zero attached hydrogens (tertiary/aromatic N) is 3. The average molecular weight is 364 g/mol. The zero-order chi connectivity index (χ0) is 18.6. The number of benzene rings is 1. The van der Waals surface area contributed by atoms with Crippen LogP contribution in [0.1, 0.15) is 22.3 Å². The zero-order valence-corrected chi connectivity index (χ0v) is 14.8. The lowest BCUT2D eigenvalue weighted by atomic mass is 10.1. The van der Waals surface area contributed by atoms with Gasteiger partial charge in [-0.2, -0.15) is 0 Å². The van der Waals surface area contributed by atoms with E-state index < -0.39 is 0 Å². The molecule has 2 aromatic rings. The fraction of sp³-hybridized carbons (Fsp3) is 0.250. The Morgan fingerprint density at radius 1 is 1.33 bits per heavy atom. The maximum absolute atomic E-state index is 12.6. The number of anilines is 1. The molecule has 1 aromatic heterocycles. The number of para-hydroxylation sites is 1. The number of rotatable bonds is 6. The van der Waals surface area contributed by atoms with E-state index >= 15 is 0 Å². The molecule has 0 unspecified atom stereocenters. The van der Waals surface area contributed by atoms with E-state index in [1.165, 1.54) is 0 Å². The molecule has 7 heteroatoms. The Bertz CT molecular complexity index is 909. The van der Waals surface area contributed by atoms with Gasteiger partial charge in [0.05, 0.1) is 18.8 Å². The van der Waals surface area contributed by atoms with Gasteiger partial charge in [0, 0.05) is 49.2 Å². The van der Waals surface area contributed by atoms with Gasteiger partial charge in [-0.05, 0) is 24.3 Å². The van der Waals surface area contributed by atoms with Gasteiger partial charge in [0.25, 0.3) is 0 Å². The van der Waals surface area contributed by atoms with Crippen molar-refractivity contribution in [2.45, 2.75) is 6.42 Å². The third-order valence-electron chi connectivity index (χ3n) is 4.43. The van der Waals surface area contributed by atoms with Crippen LogP contribution in [0.4, 0.5) is 5.69 Å². The number of aliphatic imine (C=N–C) groups is 1. The number of aliphatic hydroxyl groups is 1. The van der Waals surface area contributed by atoms with Crippen molar-refractivity contribution in [3.05, 3.63) is 65.7 Å². The van der Waals surface area contributed by atoms with Crippen LogP contribution >= 0.6 is 0 Å². The van der Waals surface area contributed by atoms with Gasteiger partial charge in [0.15, 0.2) is 5.78 Å². The van der Waals surface area contributed by atoms with Gasteiger partial charge < -0.3 is 20.1 Å². The molecule has 0 atom stereocenters. The van der Waals surface area contributed by atoms with Crippen LogP contribution in [0.2, 0.25) is 0 Å². The molecular formula is C20H20N4O3. The Morgan fingerprint density at radius 2 is 2.26 bits per heavy atom. The summed E-state index contributed by atoms with van der Waals surface area (Å²) in [5.41, 5.74) is 2.26. The average Bonchev–Trinajstić information content (AvgIpc) is 3.20. The normalized spacial score (nSPS) is 16.4. The van der Waals surface area contributed by atoms with Gasteiger partial charge in [0.2, 0.25) is 0 Å². The van der Waals surface area contributed by atoms with Gasteiger partial charge >= 0.3 is 0 Å². The molecule has 0 bridgehead atoms. The molecule has 27 heavy (non-hydrogen) atoms. The zero-order valence-electron chi connectivity index (χ0n) is 14.8. The van der Waals surface area contributed by atoms with Crippen molar-refractivity contribution in [3.8, 4) is 5.75 Å². The predicted molar refractivity (Wildman–Crippen MR) is 102 cm³/mol. The summed E-state index contributed by atoms with van der Waals surface area (Å²) in [6.45, 7) is 1.88. The van der Waals surface area contributed by atoms with E-state index in [-0.39, 0.29) is 12.4 Å². The van der Waals surface area contributed by atoms with E-state index in [0.717, 1.165) is 17.1 Å². The van der Waals surface area contributed by atoms with Crippen molar-refractivity contribution in [3.63, 3.8) is 0 Å². The molecule has 2 aliphatic rings. The van der Waals surface area contributed by atoms with Crippen LogP contribution in [0.25, 0.3) is 0 Å². The first-order valence-electron chi connectivity index (χ1n) is 8.90. The quantitative estimate of drug-likeness (QED) is 0.463. The van der Waals surface area contributed by atoms with Crippen molar-refractivity contribution in [1.82, 2.24) is 9.88 Å². The number of fused-ring (bicyclic) bond motifs is 3. The highest BCUT2D eigenvalue weighted by atomic mass is 16.5. The van der Waals surface area contributed by atoms with Crippen LogP contribution in [-0.4, -0.2) is 52.9 Å². The van der Waals surface area contributed by atoms with Crippen LogP contribution in [-0.2, 0) is 0 Å². The lowest BCUT2D eigenvalue weighted by molar-refractivity contribution is 0.104. The topological polar surface area (TPSA) is 87.0 Å². The maximum Gasteiger partial charge on any atom is 0.191 e. The van der Waals surface area contributed by atoms with Gasteiger partial charge in [0.1, 0.15) is 17.4 Å². The van der Waals surface area contributed by atoms with E-state index in [2.05, 4.69) is 15.3 Å². The summed E-state index contributed by atoms with van der Waals surface area (Å²) in [6, 6.07) is 9.26. The highest BCUT2D eigenvalue weighted by molar-refractivity contribution is 6.11. The van der Waals surface area contributed by atoms with E-state index in [0.29, 0.717) is 43.3 Å². The molecule has 2 aliphatic heterocycles. The summed E-state index contributed by atoms with van der Waals surface area (Å²) in [7, 11) is 0. The second-order valence-corrected chi connectivity index (χ2v) is 6.22. The molecule has 3 heterocycles. The Morgan fingerprint density at radius 3 is 3.07 bits per heavy atom. The SMILES string of the molecule is O=C(C=C1Nc2c(OCCCO)cccc2C2=NCCN12)c1cccnc1. The molecular weight excluding hydrogens is 344 g/mol. The Balaban J connectivity index is 1.68. The summed E-state index contributed by atoms with van der Waals surface area (Å²) < 4.78 is 5.81. The van der Waals surface area contributed by atoms with Crippen molar-refractivity contribution >= 4 is 17.3 Å². The summed E-state index contributed by atoms with van der Waals surface area (Å²) in [4.78, 5) is 23.3. The number of ketones is 1. The minimum atomic E-state index is -0.126. The van der Waals surface area contributed by atoms with Crippen LogP contribution < -0.4 is 10.1 Å². The van der Waals surface area contributed by atoms with Gasteiger partial charge in [-0.15, -0.1) is 0 Å². The Labute approximate surface area is 157 Å². The second kappa shape index (κ2) is 7.59. The summed E-state index contributed by atoms with van der Waals surface area (Å²) >= 11 is 0. The van der Waals surface area contributed by atoms with Crippen molar-refractivity contribution in [1.29, 1.82) is 0 Å². The fourth-order valence-corrected chi connectivity index (χ4v) is 3.15. The van der Waals surface area contributed by atoms with E-state index in [4.69, 9.17) is 9.84 Å². The third kappa shape index (κ3) is 3.41. The number of aliphatic hydroxyl groups excluding tert-OH is 1. The van der Waals surface area contributed by atoms with Crippen LogP contribution in [0.15, 0.2) is 59.6 Å². The number of ether oxygens (including phenoxy) is 1. The standard InChI is InChI=1S/C20H20N4O3/c25-10-3-11-27-17-6-1-5-15-19(17)23-18(24-9-8-22-20(15)24)12-16(26)14-4-2-7-21-13-14/h1-2,4-7,12-13,23,25H,3,8-11H2. The minimum absolute atomic E-state index is 0.0771. The number of hydrogen-bond acceptors (Lipinski definition) is 7. The molecule has 2 N–H and O–H groups in total. The largest absolute Gasteiger partial charge is 0.491 e. The number of amidine groups is 1. The van der Waals surface area contributed by atoms with Crippen LogP contribution in [0, 0.1) is 0 Å². The smallest absolute Gasteiger partial charge is 0.191 e. The minimum Gasteiger partial charge on any atom is -0.491 e. The predicted octanol–water partition coefficient (Wildman–Crippen LogP) is 2.05. The van der Waals surface area contributed by atoms with Crippen molar-refractivity contribution in [2.75, 3.05) is 31.6 Å². The molecule has 1 aromatic carbocycles. The fourth-order valence-electron chi connectivity index (χ4n) is 3.15. The highest BCUT2D eigenvalue weighted by Crippen LogP contribution is 2.37. The molecule has 7 nitrogen and oxygen atoms in total. The number of hydrogen-bond donors (Lipinski definition) is 2. The molecule has 0 fully saturated rings. The monoisotopic (exact) mass is 364 g/mol. The number of aromatic nitrogens is 1. The molecule has 0 spiro atoms. The first kappa shape index (κ1) is 17.2.